The number of aromatic nitrogens is 2. The minimum Gasteiger partial charge on any atom is -0.325 e. The lowest BCUT2D eigenvalue weighted by molar-refractivity contribution is 0.140. The molecular formula is C11H20N4. The Morgan fingerprint density at radius 3 is 2.93 bits per heavy atom. The first kappa shape index (κ1) is 10.6. The monoisotopic (exact) mass is 208 g/mol. The fourth-order valence-electron chi connectivity index (χ4n) is 1.86. The zero-order chi connectivity index (χ0) is 10.8. The third-order valence-electron chi connectivity index (χ3n) is 3.08. The average molecular weight is 208 g/mol. The van der Waals surface area contributed by atoms with E-state index in [9.17, 15) is 0 Å². The second-order valence-electron chi connectivity index (χ2n) is 4.50. The summed E-state index contributed by atoms with van der Waals surface area (Å²) >= 11 is 0. The molecule has 0 radical (unpaired) electrons. The number of hydrogen-bond donors (Lipinski definition) is 1. The number of likely N-dealkylation sites (tertiary alicyclic amines) is 1. The number of nitrogens with zero attached hydrogens (tertiary/aromatic N) is 3. The predicted octanol–water partition coefficient (Wildman–Crippen LogP) is 0.997. The molecule has 1 aromatic heterocycles. The molecule has 1 aromatic rings. The van der Waals surface area contributed by atoms with E-state index in [0.717, 1.165) is 31.7 Å². The van der Waals surface area contributed by atoms with Crippen LogP contribution in [0.3, 0.4) is 0 Å². The van der Waals surface area contributed by atoms with Crippen molar-refractivity contribution in [2.24, 2.45) is 5.73 Å². The topological polar surface area (TPSA) is 47.1 Å². The van der Waals surface area contributed by atoms with E-state index >= 15 is 0 Å². The SMILES string of the molecule is CCC(C)n1ccc(CN2CC(N)C2)n1. The lowest BCUT2D eigenvalue weighted by atomic mass is 10.1. The van der Waals surface area contributed by atoms with Gasteiger partial charge in [-0.3, -0.25) is 9.58 Å². The maximum Gasteiger partial charge on any atom is 0.0764 e. The van der Waals surface area contributed by atoms with Crippen LogP contribution in [0.15, 0.2) is 12.3 Å². The highest BCUT2D eigenvalue weighted by molar-refractivity contribution is 5.01. The van der Waals surface area contributed by atoms with Crippen LogP contribution in [0.5, 0.6) is 0 Å². The molecule has 4 heteroatoms. The van der Waals surface area contributed by atoms with Gasteiger partial charge in [0.2, 0.25) is 0 Å². The van der Waals surface area contributed by atoms with Crippen LogP contribution in [0.2, 0.25) is 0 Å². The Labute approximate surface area is 91.1 Å². The van der Waals surface area contributed by atoms with E-state index in [1.165, 1.54) is 0 Å². The van der Waals surface area contributed by atoms with E-state index in [0.29, 0.717) is 12.1 Å². The highest BCUT2D eigenvalue weighted by atomic mass is 15.3. The maximum atomic E-state index is 5.73. The van der Waals surface area contributed by atoms with Crippen LogP contribution < -0.4 is 5.73 Å². The van der Waals surface area contributed by atoms with Gasteiger partial charge in [-0.1, -0.05) is 6.92 Å². The van der Waals surface area contributed by atoms with E-state index < -0.39 is 0 Å². The molecule has 1 unspecified atom stereocenters. The van der Waals surface area contributed by atoms with Crippen molar-refractivity contribution in [2.45, 2.75) is 38.9 Å². The molecule has 1 saturated heterocycles. The molecule has 15 heavy (non-hydrogen) atoms. The molecule has 0 saturated carbocycles. The summed E-state index contributed by atoms with van der Waals surface area (Å²) in [4.78, 5) is 2.33. The standard InChI is InChI=1S/C11H20N4/c1-3-9(2)15-5-4-11(13-15)8-14-6-10(12)7-14/h4-5,9-10H,3,6-8,12H2,1-2H3. The van der Waals surface area contributed by atoms with Crippen LogP contribution in [0, 0.1) is 0 Å². The fraction of sp³-hybridized carbons (Fsp3) is 0.727. The molecular weight excluding hydrogens is 188 g/mol. The van der Waals surface area contributed by atoms with Crippen LogP contribution >= 0.6 is 0 Å². The van der Waals surface area contributed by atoms with Gasteiger partial charge >= 0.3 is 0 Å². The molecule has 1 aliphatic heterocycles. The van der Waals surface area contributed by atoms with E-state index in [1.807, 2.05) is 0 Å². The molecule has 0 spiro atoms. The smallest absolute Gasteiger partial charge is 0.0764 e. The van der Waals surface area contributed by atoms with Gasteiger partial charge in [0.1, 0.15) is 0 Å². The highest BCUT2D eigenvalue weighted by Gasteiger charge is 2.23. The minimum absolute atomic E-state index is 0.377. The van der Waals surface area contributed by atoms with Crippen LogP contribution in [-0.4, -0.2) is 33.8 Å². The lowest BCUT2D eigenvalue weighted by Crippen LogP contribution is -2.54. The number of nitrogens with two attached hydrogens (primary N) is 1. The van der Waals surface area contributed by atoms with Crippen molar-refractivity contribution in [1.29, 1.82) is 0 Å². The van der Waals surface area contributed by atoms with Crippen molar-refractivity contribution in [2.75, 3.05) is 13.1 Å². The van der Waals surface area contributed by atoms with E-state index in [4.69, 9.17) is 5.73 Å². The Morgan fingerprint density at radius 2 is 2.33 bits per heavy atom. The molecule has 1 aliphatic rings. The molecule has 0 aliphatic carbocycles. The van der Waals surface area contributed by atoms with Gasteiger partial charge in [-0.2, -0.15) is 5.10 Å². The molecule has 0 bridgehead atoms. The average Bonchev–Trinajstić information content (AvgIpc) is 2.63. The van der Waals surface area contributed by atoms with Crippen molar-refractivity contribution in [3.8, 4) is 0 Å². The van der Waals surface area contributed by atoms with Gasteiger partial charge in [0, 0.05) is 37.9 Å². The van der Waals surface area contributed by atoms with Gasteiger partial charge in [-0.05, 0) is 19.4 Å². The summed E-state index contributed by atoms with van der Waals surface area (Å²) in [6, 6.07) is 2.98. The summed E-state index contributed by atoms with van der Waals surface area (Å²) in [5, 5.41) is 4.56. The molecule has 84 valence electrons. The summed E-state index contributed by atoms with van der Waals surface area (Å²) in [6.45, 7) is 7.33. The van der Waals surface area contributed by atoms with Gasteiger partial charge in [0.15, 0.2) is 0 Å². The molecule has 2 N–H and O–H groups in total. The van der Waals surface area contributed by atoms with Crippen LogP contribution in [0.1, 0.15) is 32.0 Å². The van der Waals surface area contributed by atoms with Crippen LogP contribution in [0.4, 0.5) is 0 Å². The summed E-state index contributed by atoms with van der Waals surface area (Å²) in [7, 11) is 0. The van der Waals surface area contributed by atoms with Crippen LogP contribution in [-0.2, 0) is 6.54 Å². The summed E-state index contributed by atoms with van der Waals surface area (Å²) in [5.41, 5.74) is 6.89. The van der Waals surface area contributed by atoms with Gasteiger partial charge in [-0.25, -0.2) is 0 Å². The number of rotatable bonds is 4. The van der Waals surface area contributed by atoms with E-state index in [1.54, 1.807) is 0 Å². The molecule has 2 rings (SSSR count). The Balaban J connectivity index is 1.90. The van der Waals surface area contributed by atoms with Gasteiger partial charge < -0.3 is 5.73 Å². The number of hydrogen-bond acceptors (Lipinski definition) is 3. The Bertz CT molecular complexity index is 314. The van der Waals surface area contributed by atoms with Crippen molar-refractivity contribution in [3.63, 3.8) is 0 Å². The largest absolute Gasteiger partial charge is 0.325 e. The zero-order valence-corrected chi connectivity index (χ0v) is 9.56. The van der Waals surface area contributed by atoms with Gasteiger partial charge in [-0.15, -0.1) is 0 Å². The van der Waals surface area contributed by atoms with Gasteiger partial charge in [0.05, 0.1) is 5.69 Å². The third-order valence-corrected chi connectivity index (χ3v) is 3.08. The van der Waals surface area contributed by atoms with Crippen molar-refractivity contribution in [3.05, 3.63) is 18.0 Å². The van der Waals surface area contributed by atoms with Crippen LogP contribution in [0.25, 0.3) is 0 Å². The maximum absolute atomic E-state index is 5.73. The second kappa shape index (κ2) is 4.33. The minimum atomic E-state index is 0.377. The molecule has 2 heterocycles. The molecule has 1 fully saturated rings. The first-order chi connectivity index (χ1) is 7.19. The predicted molar refractivity (Wildman–Crippen MR) is 60.5 cm³/mol. The summed E-state index contributed by atoms with van der Waals surface area (Å²) < 4.78 is 2.05. The first-order valence-corrected chi connectivity index (χ1v) is 5.71. The zero-order valence-electron chi connectivity index (χ0n) is 9.56. The van der Waals surface area contributed by atoms with Crippen molar-refractivity contribution in [1.82, 2.24) is 14.7 Å². The molecule has 0 aromatic carbocycles. The summed E-state index contributed by atoms with van der Waals surface area (Å²) in [5.74, 6) is 0. The fourth-order valence-corrected chi connectivity index (χ4v) is 1.86. The molecule has 1 atom stereocenters. The van der Waals surface area contributed by atoms with Crippen molar-refractivity contribution < 1.29 is 0 Å². The molecule has 0 amide bonds. The third kappa shape index (κ3) is 2.38. The Morgan fingerprint density at radius 1 is 1.60 bits per heavy atom. The Hall–Kier alpha value is -0.870. The quantitative estimate of drug-likeness (QED) is 0.803. The lowest BCUT2D eigenvalue weighted by Gasteiger charge is -2.36. The van der Waals surface area contributed by atoms with Gasteiger partial charge in [0.25, 0.3) is 0 Å². The highest BCUT2D eigenvalue weighted by Crippen LogP contribution is 2.13. The normalized spacial score (nSPS) is 20.2. The second-order valence-corrected chi connectivity index (χ2v) is 4.50. The molecule has 4 nitrogen and oxygen atoms in total. The summed E-state index contributed by atoms with van der Waals surface area (Å²) in [6.07, 6.45) is 3.19. The van der Waals surface area contributed by atoms with E-state index in [2.05, 4.69) is 40.8 Å². The first-order valence-electron chi connectivity index (χ1n) is 5.71. The van der Waals surface area contributed by atoms with E-state index in [-0.39, 0.29) is 0 Å². The Kier molecular flexibility index (Phi) is 3.07. The van der Waals surface area contributed by atoms with Crippen molar-refractivity contribution >= 4 is 0 Å².